The van der Waals surface area contributed by atoms with Gasteiger partial charge in [-0.1, -0.05) is 29.3 Å². The summed E-state index contributed by atoms with van der Waals surface area (Å²) in [5, 5.41) is 17.5. The fourth-order valence-electron chi connectivity index (χ4n) is 2.69. The fourth-order valence-corrected chi connectivity index (χ4v) is 3.02. The summed E-state index contributed by atoms with van der Waals surface area (Å²) in [7, 11) is 0. The summed E-state index contributed by atoms with van der Waals surface area (Å²) in [5.41, 5.74) is 0.126. The van der Waals surface area contributed by atoms with Crippen LogP contribution in [0.1, 0.15) is 23.3 Å². The van der Waals surface area contributed by atoms with Crippen LogP contribution in [0.5, 0.6) is 11.6 Å². The molecule has 0 aliphatic carbocycles. The predicted octanol–water partition coefficient (Wildman–Crippen LogP) is 3.51. The van der Waals surface area contributed by atoms with E-state index in [9.17, 15) is 9.59 Å². The summed E-state index contributed by atoms with van der Waals surface area (Å²) in [6, 6.07) is 7.93. The van der Waals surface area contributed by atoms with Crippen LogP contribution in [0.4, 0.5) is 0 Å². The molecule has 1 aliphatic rings. The number of halogens is 2. The van der Waals surface area contributed by atoms with E-state index >= 15 is 0 Å². The lowest BCUT2D eigenvalue weighted by molar-refractivity contribution is -0.143. The quantitative estimate of drug-likeness (QED) is 0.850. The highest BCUT2D eigenvalue weighted by atomic mass is 35.5. The van der Waals surface area contributed by atoms with Crippen LogP contribution in [0, 0.1) is 5.92 Å². The van der Waals surface area contributed by atoms with Crippen molar-refractivity contribution in [2.24, 2.45) is 5.92 Å². The Hall–Kier alpha value is -2.38. The van der Waals surface area contributed by atoms with Crippen molar-refractivity contribution < 1.29 is 19.4 Å². The van der Waals surface area contributed by atoms with Gasteiger partial charge in [-0.25, -0.2) is 0 Å². The molecule has 26 heavy (non-hydrogen) atoms. The van der Waals surface area contributed by atoms with Crippen molar-refractivity contribution in [1.29, 1.82) is 0 Å². The lowest BCUT2D eigenvalue weighted by Gasteiger charge is -2.30. The third kappa shape index (κ3) is 4.05. The van der Waals surface area contributed by atoms with Gasteiger partial charge < -0.3 is 14.7 Å². The minimum Gasteiger partial charge on any atom is -0.481 e. The summed E-state index contributed by atoms with van der Waals surface area (Å²) in [5.74, 6) is -1.31. The van der Waals surface area contributed by atoms with Gasteiger partial charge in [0.25, 0.3) is 5.91 Å². The number of hydrogen-bond donors (Lipinski definition) is 1. The predicted molar refractivity (Wildman–Crippen MR) is 94.8 cm³/mol. The van der Waals surface area contributed by atoms with Crippen LogP contribution < -0.4 is 4.74 Å². The molecule has 7 nitrogen and oxygen atoms in total. The number of aliphatic carboxylic acids is 1. The SMILES string of the molecule is O=C(O)C1CCCN(C(=O)c2ccc(Oc3cccc(Cl)c3Cl)nn2)C1. The lowest BCUT2D eigenvalue weighted by atomic mass is 9.98. The standard InChI is InChI=1S/C17H15Cl2N3O4/c18-11-4-1-5-13(15(11)19)26-14-7-6-12(20-21-14)16(23)22-8-2-3-10(9-22)17(24)25/h1,4-7,10H,2-3,8-9H2,(H,24,25). The van der Waals surface area contributed by atoms with Crippen molar-refractivity contribution in [3.63, 3.8) is 0 Å². The maximum Gasteiger partial charge on any atom is 0.308 e. The number of nitrogens with zero attached hydrogens (tertiary/aromatic N) is 3. The van der Waals surface area contributed by atoms with Crippen LogP contribution in [0.25, 0.3) is 0 Å². The van der Waals surface area contributed by atoms with Gasteiger partial charge in [-0.2, -0.15) is 0 Å². The van der Waals surface area contributed by atoms with E-state index in [1.54, 1.807) is 18.2 Å². The van der Waals surface area contributed by atoms with Crippen molar-refractivity contribution in [3.8, 4) is 11.6 Å². The summed E-state index contributed by atoms with van der Waals surface area (Å²) in [6.07, 6.45) is 1.21. The average molecular weight is 396 g/mol. The Morgan fingerprint density at radius 3 is 2.69 bits per heavy atom. The first kappa shape index (κ1) is 18.4. The Balaban J connectivity index is 1.70. The third-order valence-electron chi connectivity index (χ3n) is 4.05. The molecule has 1 atom stereocenters. The summed E-state index contributed by atoms with van der Waals surface area (Å²) in [6.45, 7) is 0.673. The van der Waals surface area contributed by atoms with Crippen molar-refractivity contribution in [3.05, 3.63) is 46.1 Å². The molecule has 9 heteroatoms. The van der Waals surface area contributed by atoms with Crippen LogP contribution in [0.3, 0.4) is 0 Å². The molecule has 2 aromatic rings. The Kier molecular flexibility index (Phi) is 5.58. The van der Waals surface area contributed by atoms with Crippen LogP contribution in [-0.4, -0.2) is 45.2 Å². The normalized spacial score (nSPS) is 17.0. The highest BCUT2D eigenvalue weighted by Crippen LogP contribution is 2.33. The van der Waals surface area contributed by atoms with E-state index in [0.717, 1.165) is 0 Å². The molecule has 1 aromatic carbocycles. The Labute approximate surface area is 159 Å². The van der Waals surface area contributed by atoms with Crippen molar-refractivity contribution in [2.45, 2.75) is 12.8 Å². The first-order valence-corrected chi connectivity index (χ1v) is 8.69. The average Bonchev–Trinajstić information content (AvgIpc) is 2.65. The smallest absolute Gasteiger partial charge is 0.308 e. The van der Waals surface area contributed by atoms with Crippen LogP contribution in [0.15, 0.2) is 30.3 Å². The van der Waals surface area contributed by atoms with E-state index in [1.165, 1.54) is 17.0 Å². The highest BCUT2D eigenvalue weighted by molar-refractivity contribution is 6.42. The molecule has 0 spiro atoms. The third-order valence-corrected chi connectivity index (χ3v) is 4.85. The maximum absolute atomic E-state index is 12.5. The first-order chi connectivity index (χ1) is 12.5. The number of aromatic nitrogens is 2. The molecule has 2 heterocycles. The first-order valence-electron chi connectivity index (χ1n) is 7.93. The number of likely N-dealkylation sites (tertiary alicyclic amines) is 1. The molecule has 0 radical (unpaired) electrons. The second-order valence-corrected chi connectivity index (χ2v) is 6.62. The van der Waals surface area contributed by atoms with Gasteiger partial charge in [-0.05, 0) is 31.0 Å². The molecular formula is C17H15Cl2N3O4. The Bertz CT molecular complexity index is 829. The molecule has 1 aromatic heterocycles. The van der Waals surface area contributed by atoms with E-state index in [0.29, 0.717) is 30.2 Å². The molecule has 1 N–H and O–H groups in total. The number of carbonyl (C=O) groups is 2. The largest absolute Gasteiger partial charge is 0.481 e. The van der Waals surface area contributed by atoms with Crippen molar-refractivity contribution in [1.82, 2.24) is 15.1 Å². The van der Waals surface area contributed by atoms with E-state index < -0.39 is 11.9 Å². The van der Waals surface area contributed by atoms with Crippen molar-refractivity contribution in [2.75, 3.05) is 13.1 Å². The number of carboxylic acid groups (broad SMARTS) is 1. The highest BCUT2D eigenvalue weighted by Gasteiger charge is 2.29. The summed E-state index contributed by atoms with van der Waals surface area (Å²) >= 11 is 12.0. The number of amides is 1. The van der Waals surface area contributed by atoms with Gasteiger partial charge in [0.2, 0.25) is 5.88 Å². The van der Waals surface area contributed by atoms with Gasteiger partial charge in [0.05, 0.1) is 10.9 Å². The zero-order chi connectivity index (χ0) is 18.7. The van der Waals surface area contributed by atoms with E-state index in [1.807, 2.05) is 0 Å². The van der Waals surface area contributed by atoms with E-state index in [-0.39, 0.29) is 29.0 Å². The molecule has 1 aliphatic heterocycles. The zero-order valence-corrected chi connectivity index (χ0v) is 15.1. The molecule has 1 unspecified atom stereocenters. The lowest BCUT2D eigenvalue weighted by Crippen LogP contribution is -2.42. The molecule has 1 saturated heterocycles. The van der Waals surface area contributed by atoms with Gasteiger partial charge in [-0.3, -0.25) is 9.59 Å². The second kappa shape index (κ2) is 7.88. The molecule has 1 fully saturated rings. The molecular weight excluding hydrogens is 381 g/mol. The van der Waals surface area contributed by atoms with E-state index in [2.05, 4.69) is 10.2 Å². The number of rotatable bonds is 4. The Morgan fingerprint density at radius 2 is 2.00 bits per heavy atom. The van der Waals surface area contributed by atoms with Gasteiger partial charge in [0, 0.05) is 19.2 Å². The van der Waals surface area contributed by atoms with Crippen LogP contribution >= 0.6 is 23.2 Å². The fraction of sp³-hybridized carbons (Fsp3) is 0.294. The topological polar surface area (TPSA) is 92.6 Å². The minimum absolute atomic E-state index is 0.126. The summed E-state index contributed by atoms with van der Waals surface area (Å²) < 4.78 is 5.53. The Morgan fingerprint density at radius 1 is 1.19 bits per heavy atom. The molecule has 1 amide bonds. The molecule has 0 bridgehead atoms. The second-order valence-electron chi connectivity index (χ2n) is 5.84. The maximum atomic E-state index is 12.5. The number of piperidine rings is 1. The van der Waals surface area contributed by atoms with Crippen molar-refractivity contribution >= 4 is 35.1 Å². The monoisotopic (exact) mass is 395 g/mol. The van der Waals surface area contributed by atoms with Crippen LogP contribution in [0.2, 0.25) is 10.0 Å². The van der Waals surface area contributed by atoms with E-state index in [4.69, 9.17) is 33.0 Å². The van der Waals surface area contributed by atoms with Crippen LogP contribution in [-0.2, 0) is 4.79 Å². The molecule has 0 saturated carbocycles. The summed E-state index contributed by atoms with van der Waals surface area (Å²) in [4.78, 5) is 25.1. The molecule has 3 rings (SSSR count). The number of benzene rings is 1. The van der Waals surface area contributed by atoms with Gasteiger partial charge in [-0.15, -0.1) is 10.2 Å². The van der Waals surface area contributed by atoms with Gasteiger partial charge in [0.1, 0.15) is 10.8 Å². The van der Waals surface area contributed by atoms with Gasteiger partial charge >= 0.3 is 5.97 Å². The van der Waals surface area contributed by atoms with Gasteiger partial charge in [0.15, 0.2) is 5.69 Å². The zero-order valence-electron chi connectivity index (χ0n) is 13.6. The molecule has 136 valence electrons. The number of carboxylic acids is 1. The number of ether oxygens (including phenoxy) is 1. The number of carbonyl (C=O) groups excluding carboxylic acids is 1. The minimum atomic E-state index is -0.893. The number of hydrogen-bond acceptors (Lipinski definition) is 5.